The van der Waals surface area contributed by atoms with E-state index in [0.717, 1.165) is 5.56 Å². The van der Waals surface area contributed by atoms with Gasteiger partial charge in [-0.05, 0) is 41.3 Å². The Morgan fingerprint density at radius 1 is 1.00 bits per heavy atom. The molecule has 1 amide bonds. The van der Waals surface area contributed by atoms with E-state index in [9.17, 15) is 9.59 Å². The van der Waals surface area contributed by atoms with Crippen molar-refractivity contribution in [3.63, 3.8) is 0 Å². The Labute approximate surface area is 136 Å². The molecule has 0 bridgehead atoms. The van der Waals surface area contributed by atoms with Gasteiger partial charge >= 0.3 is 5.97 Å². The number of amides is 1. The van der Waals surface area contributed by atoms with Crippen molar-refractivity contribution in [2.24, 2.45) is 0 Å². The maximum atomic E-state index is 12.0. The lowest BCUT2D eigenvalue weighted by molar-refractivity contribution is -0.114. The zero-order valence-corrected chi connectivity index (χ0v) is 13.6. The van der Waals surface area contributed by atoms with Crippen LogP contribution in [0.1, 0.15) is 48.2 Å². The summed E-state index contributed by atoms with van der Waals surface area (Å²) in [6.07, 6.45) is 0. The Balaban J connectivity index is 1.92. The second-order valence-corrected chi connectivity index (χ2v) is 5.73. The van der Waals surface area contributed by atoms with E-state index in [2.05, 4.69) is 31.3 Å². The summed E-state index contributed by atoms with van der Waals surface area (Å²) in [5, 5.41) is 2.65. The fraction of sp³-hybridized carbons (Fsp3) is 0.263. The van der Waals surface area contributed by atoms with Crippen LogP contribution >= 0.6 is 0 Å². The molecule has 0 saturated carbocycles. The summed E-state index contributed by atoms with van der Waals surface area (Å²) >= 11 is 0. The van der Waals surface area contributed by atoms with Crippen LogP contribution in [0.3, 0.4) is 0 Å². The number of hydrogen-bond acceptors (Lipinski definition) is 3. The Kier molecular flexibility index (Phi) is 5.52. The number of rotatable bonds is 5. The van der Waals surface area contributed by atoms with Crippen LogP contribution < -0.4 is 5.32 Å². The lowest BCUT2D eigenvalue weighted by Crippen LogP contribution is -2.07. The minimum Gasteiger partial charge on any atom is -0.457 e. The molecule has 2 aromatic carbocycles. The number of carbonyl (C=O) groups is 2. The molecular weight excluding hydrogens is 290 g/mol. The van der Waals surface area contributed by atoms with Crippen molar-refractivity contribution >= 4 is 17.6 Å². The highest BCUT2D eigenvalue weighted by molar-refractivity contribution is 5.92. The largest absolute Gasteiger partial charge is 0.457 e. The molecule has 1 N–H and O–H groups in total. The zero-order chi connectivity index (χ0) is 16.8. The molecule has 0 aliphatic heterocycles. The van der Waals surface area contributed by atoms with Crippen LogP contribution in [-0.4, -0.2) is 11.9 Å². The number of nitrogens with one attached hydrogen (secondary N) is 1. The van der Waals surface area contributed by atoms with Gasteiger partial charge in [0.25, 0.3) is 0 Å². The molecule has 120 valence electrons. The van der Waals surface area contributed by atoms with Gasteiger partial charge in [0.05, 0.1) is 5.56 Å². The number of ether oxygens (including phenoxy) is 1. The first kappa shape index (κ1) is 16.7. The van der Waals surface area contributed by atoms with Crippen LogP contribution in [-0.2, 0) is 16.1 Å². The third-order valence-electron chi connectivity index (χ3n) is 3.46. The molecule has 0 spiro atoms. The van der Waals surface area contributed by atoms with Gasteiger partial charge in [0.1, 0.15) is 6.61 Å². The lowest BCUT2D eigenvalue weighted by atomic mass is 10.0. The summed E-state index contributed by atoms with van der Waals surface area (Å²) in [5.74, 6) is -0.0498. The van der Waals surface area contributed by atoms with Gasteiger partial charge in [0.15, 0.2) is 0 Å². The van der Waals surface area contributed by atoms with Crippen molar-refractivity contribution < 1.29 is 14.3 Å². The first-order valence-corrected chi connectivity index (χ1v) is 7.59. The van der Waals surface area contributed by atoms with Crippen molar-refractivity contribution in [2.75, 3.05) is 5.32 Å². The number of hydrogen-bond donors (Lipinski definition) is 1. The molecule has 4 heteroatoms. The van der Waals surface area contributed by atoms with Gasteiger partial charge in [-0.3, -0.25) is 4.79 Å². The molecule has 2 rings (SSSR count). The highest BCUT2D eigenvalue weighted by Crippen LogP contribution is 2.16. The van der Waals surface area contributed by atoms with Crippen molar-refractivity contribution in [2.45, 2.75) is 33.3 Å². The monoisotopic (exact) mass is 311 g/mol. The Hall–Kier alpha value is -2.62. The van der Waals surface area contributed by atoms with Crippen LogP contribution in [0.5, 0.6) is 0 Å². The zero-order valence-electron chi connectivity index (χ0n) is 13.6. The van der Waals surface area contributed by atoms with Gasteiger partial charge in [0, 0.05) is 12.6 Å². The number of esters is 1. The van der Waals surface area contributed by atoms with E-state index in [1.165, 1.54) is 12.5 Å². The minimum absolute atomic E-state index is 0.148. The molecule has 0 atom stereocenters. The minimum atomic E-state index is -0.382. The highest BCUT2D eigenvalue weighted by atomic mass is 16.5. The van der Waals surface area contributed by atoms with E-state index in [1.54, 1.807) is 24.3 Å². The third kappa shape index (κ3) is 4.95. The van der Waals surface area contributed by atoms with Crippen LogP contribution in [0, 0.1) is 0 Å². The fourth-order valence-corrected chi connectivity index (χ4v) is 2.12. The van der Waals surface area contributed by atoms with E-state index in [1.807, 2.05) is 12.1 Å². The number of carbonyl (C=O) groups excluding carboxylic acids is 2. The maximum Gasteiger partial charge on any atom is 0.338 e. The van der Waals surface area contributed by atoms with E-state index in [-0.39, 0.29) is 18.5 Å². The topological polar surface area (TPSA) is 55.4 Å². The van der Waals surface area contributed by atoms with Crippen molar-refractivity contribution in [3.05, 3.63) is 65.2 Å². The van der Waals surface area contributed by atoms with Crippen LogP contribution in [0.15, 0.2) is 48.5 Å². The Morgan fingerprint density at radius 2 is 1.61 bits per heavy atom. The van der Waals surface area contributed by atoms with Gasteiger partial charge in [-0.15, -0.1) is 0 Å². The van der Waals surface area contributed by atoms with E-state index >= 15 is 0 Å². The number of benzene rings is 2. The maximum absolute atomic E-state index is 12.0. The molecule has 2 aromatic rings. The van der Waals surface area contributed by atoms with Crippen molar-refractivity contribution in [1.82, 2.24) is 0 Å². The second kappa shape index (κ2) is 7.58. The van der Waals surface area contributed by atoms with Crippen molar-refractivity contribution in [1.29, 1.82) is 0 Å². The van der Waals surface area contributed by atoms with Crippen molar-refractivity contribution in [3.8, 4) is 0 Å². The summed E-state index contributed by atoms with van der Waals surface area (Å²) in [6.45, 7) is 5.96. The summed E-state index contributed by atoms with van der Waals surface area (Å²) in [7, 11) is 0. The molecule has 23 heavy (non-hydrogen) atoms. The molecule has 0 aromatic heterocycles. The van der Waals surface area contributed by atoms with Gasteiger partial charge in [-0.25, -0.2) is 4.79 Å². The molecule has 0 heterocycles. The smallest absolute Gasteiger partial charge is 0.338 e. The third-order valence-corrected chi connectivity index (χ3v) is 3.46. The molecule has 0 unspecified atom stereocenters. The Morgan fingerprint density at radius 3 is 2.13 bits per heavy atom. The lowest BCUT2D eigenvalue weighted by Gasteiger charge is -2.08. The normalized spacial score (nSPS) is 10.4. The predicted octanol–water partition coefficient (Wildman–Crippen LogP) is 4.13. The van der Waals surface area contributed by atoms with Crippen LogP contribution in [0.2, 0.25) is 0 Å². The van der Waals surface area contributed by atoms with Crippen LogP contribution in [0.25, 0.3) is 0 Å². The van der Waals surface area contributed by atoms with Gasteiger partial charge in [-0.2, -0.15) is 0 Å². The van der Waals surface area contributed by atoms with E-state index in [4.69, 9.17) is 4.74 Å². The summed E-state index contributed by atoms with van der Waals surface area (Å²) in [6, 6.07) is 14.7. The molecule has 0 radical (unpaired) electrons. The quantitative estimate of drug-likeness (QED) is 0.845. The average molecular weight is 311 g/mol. The second-order valence-electron chi connectivity index (χ2n) is 5.73. The summed E-state index contributed by atoms with van der Waals surface area (Å²) in [4.78, 5) is 23.0. The molecule has 0 fully saturated rings. The van der Waals surface area contributed by atoms with E-state index in [0.29, 0.717) is 17.2 Å². The Bertz CT molecular complexity index is 673. The molecule has 0 aliphatic rings. The molecule has 0 aliphatic carbocycles. The fourth-order valence-electron chi connectivity index (χ4n) is 2.12. The molecule has 0 saturated heterocycles. The van der Waals surface area contributed by atoms with Gasteiger partial charge in [-0.1, -0.05) is 38.1 Å². The summed E-state index contributed by atoms with van der Waals surface area (Å²) < 4.78 is 5.31. The molecule has 4 nitrogen and oxygen atoms in total. The van der Waals surface area contributed by atoms with Crippen LogP contribution in [0.4, 0.5) is 5.69 Å². The van der Waals surface area contributed by atoms with E-state index < -0.39 is 0 Å². The first-order valence-electron chi connectivity index (χ1n) is 7.59. The standard InChI is InChI=1S/C19H21NO3/c1-13(2)16-6-4-15(5-7-16)12-23-19(22)17-8-10-18(11-9-17)20-14(3)21/h4-11,13H,12H2,1-3H3,(H,20,21). The van der Waals surface area contributed by atoms with Gasteiger partial charge in [0.2, 0.25) is 5.91 Å². The predicted molar refractivity (Wildman–Crippen MR) is 90.4 cm³/mol. The summed E-state index contributed by atoms with van der Waals surface area (Å²) in [5.41, 5.74) is 3.32. The SMILES string of the molecule is CC(=O)Nc1ccc(C(=O)OCc2ccc(C(C)C)cc2)cc1. The number of anilines is 1. The van der Waals surface area contributed by atoms with Gasteiger partial charge < -0.3 is 10.1 Å². The first-order chi connectivity index (χ1) is 11.0. The molecular formula is C19H21NO3. The average Bonchev–Trinajstić information content (AvgIpc) is 2.53. The highest BCUT2D eigenvalue weighted by Gasteiger charge is 2.08.